The first-order valence-electron chi connectivity index (χ1n) is 17.1. The van der Waals surface area contributed by atoms with Crippen molar-refractivity contribution in [1.82, 2.24) is 19.8 Å². The van der Waals surface area contributed by atoms with Gasteiger partial charge in [0.15, 0.2) is 5.82 Å². The topological polar surface area (TPSA) is 112 Å². The molecule has 2 aromatic carbocycles. The van der Waals surface area contributed by atoms with E-state index in [2.05, 4.69) is 14.9 Å². The van der Waals surface area contributed by atoms with Crippen molar-refractivity contribution < 1.29 is 35.9 Å². The highest BCUT2D eigenvalue weighted by Gasteiger charge is 2.40. The number of alkyl halides is 4. The normalized spacial score (nSPS) is 21.3. The number of rotatable bonds is 4. The molecule has 52 heavy (non-hydrogen) atoms. The summed E-state index contributed by atoms with van der Waals surface area (Å²) < 4.78 is 92.7. The molecule has 3 fully saturated rings. The van der Waals surface area contributed by atoms with Gasteiger partial charge in [0, 0.05) is 55.5 Å². The number of carbonyl (C=O) groups is 1. The highest BCUT2D eigenvalue weighted by atomic mass is 32.1. The predicted octanol–water partition coefficient (Wildman–Crippen LogP) is 7.94. The number of amides is 1. The van der Waals surface area contributed by atoms with Crippen molar-refractivity contribution in [3.8, 4) is 23.2 Å². The van der Waals surface area contributed by atoms with Crippen LogP contribution in [0.1, 0.15) is 64.5 Å². The minimum atomic E-state index is -5.07. The number of hydrogen-bond acceptors (Lipinski definition) is 9. The van der Waals surface area contributed by atoms with Gasteiger partial charge in [-0.1, -0.05) is 19.9 Å². The quantitative estimate of drug-likeness (QED) is 0.210. The first kappa shape index (κ1) is 38.9. The van der Waals surface area contributed by atoms with Crippen LogP contribution in [0.4, 0.5) is 37.2 Å². The summed E-state index contributed by atoms with van der Waals surface area (Å²) in [5.74, 6) is -2.33. The molecule has 2 N–H and O–H groups in total. The number of carbonyl (C=O) groups excluding carboxylic acids is 1. The first-order valence-corrected chi connectivity index (χ1v) is 17.9. The molecule has 4 aromatic rings. The minimum absolute atomic E-state index is 0.0215. The van der Waals surface area contributed by atoms with E-state index >= 15 is 4.39 Å². The average Bonchev–Trinajstić information content (AvgIpc) is 3.88. The molecule has 4 atom stereocenters. The number of likely N-dealkylation sites (N-methyl/N-ethyl adjacent to an activating group) is 1. The Morgan fingerprint density at radius 2 is 1.88 bits per heavy atom. The number of methoxy groups -OCH3 is 1. The van der Waals surface area contributed by atoms with E-state index in [9.17, 15) is 32.0 Å². The molecule has 7 rings (SSSR count). The molecule has 0 bridgehead atoms. The van der Waals surface area contributed by atoms with Gasteiger partial charge in [-0.15, -0.1) is 11.3 Å². The summed E-state index contributed by atoms with van der Waals surface area (Å²) in [6, 6.07) is 4.11. The maximum absolute atomic E-state index is 16.5. The molecule has 16 heteroatoms. The van der Waals surface area contributed by atoms with Crippen LogP contribution in [0.5, 0.6) is 6.01 Å². The number of nitrogen functional groups attached to an aromatic ring is 1. The number of nitriles is 1. The van der Waals surface area contributed by atoms with Crippen LogP contribution in [0.25, 0.3) is 32.1 Å². The van der Waals surface area contributed by atoms with Crippen LogP contribution in [0, 0.1) is 23.0 Å². The number of thiophene rings is 1. The number of anilines is 2. The SMILES string of the molecule is CC.COc1nc(N(C)C2CCN(C(C)=O)C2C)c2cc(C(F)(F)F)c(-c3ccc(F)c4sc(N)c(C#N)c34)c(F)c2n1.FC1CC2CCCN2C1. The second-order valence-corrected chi connectivity index (χ2v) is 13.9. The van der Waals surface area contributed by atoms with Crippen molar-refractivity contribution >= 4 is 49.1 Å². The smallest absolute Gasteiger partial charge is 0.417 e. The third kappa shape index (κ3) is 7.04. The number of likely N-dealkylation sites (tertiary alicyclic amines) is 1. The lowest BCUT2D eigenvalue weighted by Crippen LogP contribution is -2.43. The van der Waals surface area contributed by atoms with E-state index in [1.165, 1.54) is 26.9 Å². The molecule has 5 heterocycles. The Bertz CT molecular complexity index is 2000. The van der Waals surface area contributed by atoms with E-state index < -0.39 is 40.6 Å². The zero-order valence-electron chi connectivity index (χ0n) is 29.7. The molecule has 0 saturated carbocycles. The van der Waals surface area contributed by atoms with Gasteiger partial charge in [-0.3, -0.25) is 9.69 Å². The molecular formula is C36H41F6N7O2S. The summed E-state index contributed by atoms with van der Waals surface area (Å²) in [6.07, 6.45) is -1.75. The van der Waals surface area contributed by atoms with Gasteiger partial charge in [-0.25, -0.2) is 13.2 Å². The van der Waals surface area contributed by atoms with Crippen molar-refractivity contribution in [3.63, 3.8) is 0 Å². The summed E-state index contributed by atoms with van der Waals surface area (Å²) >= 11 is 0.687. The molecule has 0 aliphatic carbocycles. The van der Waals surface area contributed by atoms with Gasteiger partial charge in [0.1, 0.15) is 34.4 Å². The lowest BCUT2D eigenvalue weighted by Gasteiger charge is -2.32. The molecule has 3 aliphatic heterocycles. The number of ether oxygens (including phenoxy) is 1. The molecular weight excluding hydrogens is 708 g/mol. The number of nitrogens with two attached hydrogens (primary N) is 1. The Balaban J connectivity index is 0.000000405. The fraction of sp³-hybridized carbons (Fsp3) is 0.500. The monoisotopic (exact) mass is 749 g/mol. The molecule has 280 valence electrons. The molecule has 3 aliphatic rings. The van der Waals surface area contributed by atoms with Crippen LogP contribution in [-0.4, -0.2) is 83.8 Å². The van der Waals surface area contributed by atoms with Gasteiger partial charge >= 0.3 is 12.2 Å². The largest absolute Gasteiger partial charge is 0.467 e. The second kappa shape index (κ2) is 15.3. The van der Waals surface area contributed by atoms with Gasteiger partial charge in [0.25, 0.3) is 0 Å². The molecule has 0 spiro atoms. The summed E-state index contributed by atoms with van der Waals surface area (Å²) in [6.45, 7) is 9.54. The number of benzene rings is 2. The number of halogens is 6. The predicted molar refractivity (Wildman–Crippen MR) is 190 cm³/mol. The van der Waals surface area contributed by atoms with Crippen LogP contribution < -0.4 is 15.4 Å². The number of aromatic nitrogens is 2. The standard InChI is InChI=1S/C27H23F5N6O2S.C7H12FN.C2H6/c1-11-18(7-8-38(11)12(2)39)37(3)25-14-9-16(27(30,31)32)20(21(29)22(14)35-26(36-25)40-4)13-5-6-17(28)23-19(13)15(10-33)24(34)41-23;8-6-4-7-2-1-3-9(7)5-6;1-2/h5-6,9,11,18H,7-8,34H2,1-4H3;6-7H,1-5H2;1-2H3. The lowest BCUT2D eigenvalue weighted by atomic mass is 9.92. The van der Waals surface area contributed by atoms with E-state index in [0.717, 1.165) is 31.2 Å². The molecule has 9 nitrogen and oxygen atoms in total. The van der Waals surface area contributed by atoms with Gasteiger partial charge in [-0.2, -0.15) is 28.4 Å². The second-order valence-electron chi connectivity index (χ2n) is 12.8. The molecule has 2 aromatic heterocycles. The van der Waals surface area contributed by atoms with Crippen LogP contribution >= 0.6 is 11.3 Å². The highest BCUT2D eigenvalue weighted by molar-refractivity contribution is 7.23. The summed E-state index contributed by atoms with van der Waals surface area (Å²) in [4.78, 5) is 25.9. The Kier molecular flexibility index (Phi) is 11.4. The van der Waals surface area contributed by atoms with Gasteiger partial charge in [-0.05, 0) is 56.8 Å². The maximum Gasteiger partial charge on any atom is 0.417 e. The maximum atomic E-state index is 16.5. The molecule has 1 amide bonds. The van der Waals surface area contributed by atoms with Crippen LogP contribution in [0.2, 0.25) is 0 Å². The summed E-state index contributed by atoms with van der Waals surface area (Å²) in [5, 5.41) is 9.09. The molecule has 3 saturated heterocycles. The van der Waals surface area contributed by atoms with Crippen molar-refractivity contribution in [2.24, 2.45) is 0 Å². The molecule has 0 radical (unpaired) electrons. The fourth-order valence-corrected chi connectivity index (χ4v) is 8.57. The van der Waals surface area contributed by atoms with Gasteiger partial charge in [0.05, 0.1) is 29.0 Å². The van der Waals surface area contributed by atoms with Crippen LogP contribution in [0.3, 0.4) is 0 Å². The van der Waals surface area contributed by atoms with Crippen molar-refractivity contribution in [3.05, 3.63) is 41.0 Å². The van der Waals surface area contributed by atoms with Crippen molar-refractivity contribution in [1.29, 1.82) is 5.26 Å². The summed E-state index contributed by atoms with van der Waals surface area (Å²) in [7, 11) is 2.84. The number of fused-ring (bicyclic) bond motifs is 3. The first-order chi connectivity index (χ1) is 24.7. The van der Waals surface area contributed by atoms with Crippen molar-refractivity contribution in [2.75, 3.05) is 44.4 Å². The minimum Gasteiger partial charge on any atom is -0.467 e. The fourth-order valence-electron chi connectivity index (χ4n) is 7.62. The van der Waals surface area contributed by atoms with E-state index in [4.69, 9.17) is 10.5 Å². The zero-order chi connectivity index (χ0) is 38.2. The number of nitrogens with zero attached hydrogens (tertiary/aromatic N) is 6. The summed E-state index contributed by atoms with van der Waals surface area (Å²) in [5.41, 5.74) is 2.53. The van der Waals surface area contributed by atoms with E-state index in [0.29, 0.717) is 36.9 Å². The molecule has 4 unspecified atom stereocenters. The lowest BCUT2D eigenvalue weighted by molar-refractivity contribution is -0.137. The Labute approximate surface area is 302 Å². The van der Waals surface area contributed by atoms with Crippen molar-refractivity contribution in [2.45, 2.75) is 83.9 Å². The average molecular weight is 750 g/mol. The van der Waals surface area contributed by atoms with Gasteiger partial charge in [0.2, 0.25) is 5.91 Å². The van der Waals surface area contributed by atoms with Crippen LogP contribution in [0.15, 0.2) is 18.2 Å². The van der Waals surface area contributed by atoms with E-state index in [1.807, 2.05) is 20.8 Å². The Hall–Kier alpha value is -4.36. The third-order valence-electron chi connectivity index (χ3n) is 9.99. The highest BCUT2D eigenvalue weighted by Crippen LogP contribution is 2.48. The Morgan fingerprint density at radius 3 is 2.48 bits per heavy atom. The number of hydrogen-bond donors (Lipinski definition) is 1. The van der Waals surface area contributed by atoms with E-state index in [-0.39, 0.29) is 61.4 Å². The van der Waals surface area contributed by atoms with Crippen LogP contribution in [-0.2, 0) is 11.0 Å². The zero-order valence-corrected chi connectivity index (χ0v) is 30.6. The van der Waals surface area contributed by atoms with Gasteiger partial charge < -0.3 is 20.3 Å². The van der Waals surface area contributed by atoms with E-state index in [1.54, 1.807) is 22.9 Å². The Morgan fingerprint density at radius 1 is 1.17 bits per heavy atom. The third-order valence-corrected chi connectivity index (χ3v) is 11.0.